The van der Waals surface area contributed by atoms with Gasteiger partial charge in [0.1, 0.15) is 15.8 Å². The third kappa shape index (κ3) is 2.64. The van der Waals surface area contributed by atoms with Crippen LogP contribution >= 0.6 is 23.1 Å². The van der Waals surface area contributed by atoms with Crippen LogP contribution in [0.15, 0.2) is 46.2 Å². The van der Waals surface area contributed by atoms with Gasteiger partial charge in [-0.15, -0.1) is 0 Å². The molecule has 0 aliphatic carbocycles. The molecule has 1 aromatic carbocycles. The summed E-state index contributed by atoms with van der Waals surface area (Å²) >= 11 is 2.20. The number of rotatable bonds is 3. The Morgan fingerprint density at radius 2 is 2.06 bits per heavy atom. The summed E-state index contributed by atoms with van der Waals surface area (Å²) in [5.41, 5.74) is 0. The number of nitro groups is 1. The summed E-state index contributed by atoms with van der Waals surface area (Å²) in [5.74, 6) is 0. The number of nitriles is 1. The average Bonchev–Trinajstić information content (AvgIpc) is 2.74. The highest BCUT2D eigenvalue weighted by Crippen LogP contribution is 2.40. The van der Waals surface area contributed by atoms with E-state index in [1.54, 1.807) is 6.07 Å². The Bertz CT molecular complexity index is 587. The zero-order valence-corrected chi connectivity index (χ0v) is 10.1. The van der Waals surface area contributed by atoms with Crippen molar-refractivity contribution >= 4 is 28.1 Å². The average molecular weight is 262 g/mol. The summed E-state index contributed by atoms with van der Waals surface area (Å²) in [6.45, 7) is 0. The SMILES string of the molecule is N#Cc1cc(Sc2ccccc2)c([N+](=O)[O-])s1. The van der Waals surface area contributed by atoms with Gasteiger partial charge >= 0.3 is 5.00 Å². The van der Waals surface area contributed by atoms with E-state index in [9.17, 15) is 10.1 Å². The van der Waals surface area contributed by atoms with Crippen molar-refractivity contribution < 1.29 is 4.92 Å². The topological polar surface area (TPSA) is 66.9 Å². The van der Waals surface area contributed by atoms with Crippen molar-refractivity contribution in [1.29, 1.82) is 5.26 Å². The number of thiophene rings is 1. The Labute approximate surface area is 106 Å². The van der Waals surface area contributed by atoms with Crippen molar-refractivity contribution in [2.24, 2.45) is 0 Å². The molecule has 0 radical (unpaired) electrons. The molecule has 2 rings (SSSR count). The van der Waals surface area contributed by atoms with E-state index in [2.05, 4.69) is 0 Å². The van der Waals surface area contributed by atoms with Crippen LogP contribution in [-0.2, 0) is 0 Å². The molecule has 0 fully saturated rings. The first kappa shape index (κ1) is 11.6. The van der Waals surface area contributed by atoms with Crippen molar-refractivity contribution in [3.05, 3.63) is 51.4 Å². The highest BCUT2D eigenvalue weighted by molar-refractivity contribution is 7.99. The molecule has 1 heterocycles. The van der Waals surface area contributed by atoms with Crippen molar-refractivity contribution in [2.45, 2.75) is 9.79 Å². The van der Waals surface area contributed by atoms with Gasteiger partial charge in [0.15, 0.2) is 0 Å². The highest BCUT2D eigenvalue weighted by atomic mass is 32.2. The molecule has 0 unspecified atom stereocenters. The molecule has 2 aromatic rings. The quantitative estimate of drug-likeness (QED) is 0.625. The minimum atomic E-state index is -0.448. The molecular weight excluding hydrogens is 256 g/mol. The van der Waals surface area contributed by atoms with Crippen LogP contribution < -0.4 is 0 Å². The number of nitrogens with zero attached hydrogens (tertiary/aromatic N) is 2. The standard InChI is InChI=1S/C11H6N2O2S2/c12-7-9-6-10(11(17-9)13(14)15)16-8-4-2-1-3-5-8/h1-6H. The fourth-order valence-electron chi connectivity index (χ4n) is 1.24. The smallest absolute Gasteiger partial charge is 0.258 e. The third-order valence-corrected chi connectivity index (χ3v) is 4.09. The Kier molecular flexibility index (Phi) is 3.42. The lowest BCUT2D eigenvalue weighted by Crippen LogP contribution is -1.84. The Hall–Kier alpha value is -1.84. The zero-order chi connectivity index (χ0) is 12.3. The first-order valence-electron chi connectivity index (χ1n) is 4.62. The van der Waals surface area contributed by atoms with Crippen LogP contribution in [0.1, 0.15) is 4.88 Å². The molecule has 0 spiro atoms. The van der Waals surface area contributed by atoms with E-state index in [4.69, 9.17) is 5.26 Å². The van der Waals surface area contributed by atoms with Crippen molar-refractivity contribution in [1.82, 2.24) is 0 Å². The zero-order valence-electron chi connectivity index (χ0n) is 8.49. The van der Waals surface area contributed by atoms with Crippen LogP contribution in [-0.4, -0.2) is 4.92 Å². The van der Waals surface area contributed by atoms with Gasteiger partial charge in [-0.1, -0.05) is 41.3 Å². The van der Waals surface area contributed by atoms with Crippen molar-refractivity contribution in [2.75, 3.05) is 0 Å². The summed E-state index contributed by atoms with van der Waals surface area (Å²) in [6.07, 6.45) is 0. The third-order valence-electron chi connectivity index (χ3n) is 1.93. The molecule has 0 bridgehead atoms. The van der Waals surface area contributed by atoms with Crippen LogP contribution in [0.25, 0.3) is 0 Å². The largest absolute Gasteiger partial charge is 0.339 e. The maximum atomic E-state index is 10.8. The predicted molar refractivity (Wildman–Crippen MR) is 66.3 cm³/mol. The first-order chi connectivity index (χ1) is 8.20. The number of hydrogen-bond acceptors (Lipinski definition) is 5. The number of benzene rings is 1. The van der Waals surface area contributed by atoms with E-state index in [0.717, 1.165) is 16.2 Å². The fourth-order valence-corrected chi connectivity index (χ4v) is 3.11. The number of hydrogen-bond donors (Lipinski definition) is 0. The maximum Gasteiger partial charge on any atom is 0.339 e. The lowest BCUT2D eigenvalue weighted by Gasteiger charge is -1.97. The molecular formula is C11H6N2O2S2. The van der Waals surface area contributed by atoms with Crippen LogP contribution in [0.4, 0.5) is 5.00 Å². The molecule has 6 heteroatoms. The normalized spacial score (nSPS) is 9.82. The molecule has 0 atom stereocenters. The molecule has 0 amide bonds. The molecule has 0 aliphatic rings. The van der Waals surface area contributed by atoms with Crippen LogP contribution in [0.3, 0.4) is 0 Å². The van der Waals surface area contributed by atoms with Gasteiger partial charge in [-0.2, -0.15) is 5.26 Å². The van der Waals surface area contributed by atoms with Crippen LogP contribution in [0.2, 0.25) is 0 Å². The van der Waals surface area contributed by atoms with Gasteiger partial charge < -0.3 is 0 Å². The molecule has 17 heavy (non-hydrogen) atoms. The lowest BCUT2D eigenvalue weighted by molar-refractivity contribution is -0.382. The summed E-state index contributed by atoms with van der Waals surface area (Å²) in [6, 6.07) is 12.8. The highest BCUT2D eigenvalue weighted by Gasteiger charge is 2.19. The van der Waals surface area contributed by atoms with Gasteiger partial charge in [0.05, 0.1) is 4.92 Å². The predicted octanol–water partition coefficient (Wildman–Crippen LogP) is 3.68. The molecule has 84 valence electrons. The minimum absolute atomic E-state index is 0.0235. The minimum Gasteiger partial charge on any atom is -0.258 e. The lowest BCUT2D eigenvalue weighted by atomic mass is 10.4. The summed E-state index contributed by atoms with van der Waals surface area (Å²) in [4.78, 5) is 12.2. The summed E-state index contributed by atoms with van der Waals surface area (Å²) in [5, 5.41) is 19.6. The van der Waals surface area contributed by atoms with Gasteiger partial charge in [0.25, 0.3) is 0 Å². The van der Waals surface area contributed by atoms with Gasteiger partial charge in [0, 0.05) is 4.90 Å². The van der Waals surface area contributed by atoms with E-state index in [-0.39, 0.29) is 5.00 Å². The molecule has 0 aliphatic heterocycles. The van der Waals surface area contributed by atoms with Gasteiger partial charge in [0.2, 0.25) is 0 Å². The molecule has 4 nitrogen and oxygen atoms in total. The molecule has 0 saturated carbocycles. The van der Waals surface area contributed by atoms with E-state index in [1.165, 1.54) is 11.8 Å². The Morgan fingerprint density at radius 3 is 2.65 bits per heavy atom. The van der Waals surface area contributed by atoms with Crippen molar-refractivity contribution in [3.8, 4) is 6.07 Å². The summed E-state index contributed by atoms with van der Waals surface area (Å²) in [7, 11) is 0. The second-order valence-electron chi connectivity index (χ2n) is 3.06. The first-order valence-corrected chi connectivity index (χ1v) is 6.25. The molecule has 0 N–H and O–H groups in total. The Morgan fingerprint density at radius 1 is 1.35 bits per heavy atom. The summed E-state index contributed by atoms with van der Waals surface area (Å²) < 4.78 is 0. The van der Waals surface area contributed by atoms with Crippen LogP contribution in [0, 0.1) is 21.4 Å². The monoisotopic (exact) mass is 262 g/mol. The second kappa shape index (κ2) is 4.99. The van der Waals surface area contributed by atoms with Gasteiger partial charge in [-0.25, -0.2) is 0 Å². The Balaban J connectivity index is 2.36. The molecule has 1 aromatic heterocycles. The van der Waals surface area contributed by atoms with E-state index >= 15 is 0 Å². The van der Waals surface area contributed by atoms with E-state index in [1.807, 2.05) is 36.4 Å². The maximum absolute atomic E-state index is 10.8. The molecule has 0 saturated heterocycles. The second-order valence-corrected chi connectivity index (χ2v) is 5.21. The van der Waals surface area contributed by atoms with Crippen LogP contribution in [0.5, 0.6) is 0 Å². The van der Waals surface area contributed by atoms with Gasteiger partial charge in [-0.05, 0) is 18.2 Å². The fraction of sp³-hybridized carbons (Fsp3) is 0. The van der Waals surface area contributed by atoms with E-state index in [0.29, 0.717) is 9.77 Å². The van der Waals surface area contributed by atoms with Gasteiger partial charge in [-0.3, -0.25) is 10.1 Å². The van der Waals surface area contributed by atoms with E-state index < -0.39 is 4.92 Å². The van der Waals surface area contributed by atoms with Crippen molar-refractivity contribution in [3.63, 3.8) is 0 Å².